The summed E-state index contributed by atoms with van der Waals surface area (Å²) in [5, 5.41) is 1.62. The Labute approximate surface area is 131 Å². The molecule has 0 radical (unpaired) electrons. The Morgan fingerprint density at radius 3 is 2.21 bits per heavy atom. The zero-order valence-electron chi connectivity index (χ0n) is 9.59. The quantitative estimate of drug-likeness (QED) is 0.755. The summed E-state index contributed by atoms with van der Waals surface area (Å²) in [4.78, 5) is 0. The van der Waals surface area contributed by atoms with Crippen LogP contribution < -0.4 is 10.5 Å². The third-order valence-corrected chi connectivity index (χ3v) is 3.84. The summed E-state index contributed by atoms with van der Waals surface area (Å²) >= 11 is 24.0. The van der Waals surface area contributed by atoms with E-state index in [0.717, 1.165) is 5.56 Å². The van der Waals surface area contributed by atoms with Crippen LogP contribution in [0.3, 0.4) is 0 Å². The smallest absolute Gasteiger partial charge is 0.157 e. The van der Waals surface area contributed by atoms with Gasteiger partial charge in [0.1, 0.15) is 6.61 Å². The molecule has 0 spiro atoms. The van der Waals surface area contributed by atoms with Crippen molar-refractivity contribution in [1.29, 1.82) is 0 Å². The molecule has 0 aliphatic heterocycles. The number of rotatable bonds is 3. The average Bonchev–Trinajstić information content (AvgIpc) is 2.33. The molecule has 6 heteroatoms. The molecule has 19 heavy (non-hydrogen) atoms. The highest BCUT2D eigenvalue weighted by molar-refractivity contribution is 6.42. The molecule has 2 N–H and O–H groups in total. The van der Waals surface area contributed by atoms with Crippen molar-refractivity contribution in [3.8, 4) is 5.75 Å². The molecule has 2 aromatic carbocycles. The molecule has 2 nitrogen and oxygen atoms in total. The minimum Gasteiger partial charge on any atom is -0.486 e. The lowest BCUT2D eigenvalue weighted by Gasteiger charge is -2.12. The predicted molar refractivity (Wildman–Crippen MR) is 81.7 cm³/mol. The molecule has 0 saturated heterocycles. The lowest BCUT2D eigenvalue weighted by molar-refractivity contribution is 0.307. The number of nitrogen functional groups attached to an aromatic ring is 1. The molecular weight excluding hydrogens is 328 g/mol. The van der Waals surface area contributed by atoms with Gasteiger partial charge in [-0.3, -0.25) is 0 Å². The number of hydrogen-bond donors (Lipinski definition) is 1. The van der Waals surface area contributed by atoms with Gasteiger partial charge in [-0.2, -0.15) is 0 Å². The van der Waals surface area contributed by atoms with Crippen molar-refractivity contribution in [3.63, 3.8) is 0 Å². The van der Waals surface area contributed by atoms with Gasteiger partial charge in [-0.1, -0.05) is 58.5 Å². The minimum atomic E-state index is 0.211. The number of ether oxygens (including phenoxy) is 1. The first kappa shape index (κ1) is 14.6. The topological polar surface area (TPSA) is 35.2 Å². The summed E-state index contributed by atoms with van der Waals surface area (Å²) in [6.07, 6.45) is 0. The molecule has 2 aromatic rings. The highest BCUT2D eigenvalue weighted by atomic mass is 35.5. The summed E-state index contributed by atoms with van der Waals surface area (Å²) < 4.78 is 5.58. The Balaban J connectivity index is 2.22. The van der Waals surface area contributed by atoms with Gasteiger partial charge in [0.05, 0.1) is 20.1 Å². The normalized spacial score (nSPS) is 10.5. The van der Waals surface area contributed by atoms with Crippen LogP contribution in [0.15, 0.2) is 30.3 Å². The van der Waals surface area contributed by atoms with Gasteiger partial charge in [0.25, 0.3) is 0 Å². The zero-order valence-corrected chi connectivity index (χ0v) is 12.6. The molecule has 0 amide bonds. The Kier molecular flexibility index (Phi) is 4.69. The summed E-state index contributed by atoms with van der Waals surface area (Å²) in [6.45, 7) is 0.211. The lowest BCUT2D eigenvalue weighted by atomic mass is 10.2. The number of benzene rings is 2. The van der Waals surface area contributed by atoms with E-state index in [1.807, 2.05) is 6.07 Å². The van der Waals surface area contributed by atoms with E-state index in [0.29, 0.717) is 31.5 Å². The molecule has 0 atom stereocenters. The van der Waals surface area contributed by atoms with Gasteiger partial charge < -0.3 is 10.5 Å². The molecule has 2 rings (SSSR count). The van der Waals surface area contributed by atoms with Crippen LogP contribution in [-0.2, 0) is 6.61 Å². The Hall–Kier alpha value is -0.800. The fourth-order valence-electron chi connectivity index (χ4n) is 1.53. The van der Waals surface area contributed by atoms with Crippen molar-refractivity contribution in [3.05, 3.63) is 56.0 Å². The first-order valence-electron chi connectivity index (χ1n) is 5.29. The van der Waals surface area contributed by atoms with E-state index in [9.17, 15) is 0 Å². The highest BCUT2D eigenvalue weighted by Crippen LogP contribution is 2.36. The fraction of sp³-hybridized carbons (Fsp3) is 0.0769. The van der Waals surface area contributed by atoms with Crippen molar-refractivity contribution in [1.82, 2.24) is 0 Å². The average molecular weight is 337 g/mol. The van der Waals surface area contributed by atoms with E-state index in [4.69, 9.17) is 56.9 Å². The maximum atomic E-state index is 6.07. The molecular formula is C13H9Cl4NO. The van der Waals surface area contributed by atoms with Crippen LogP contribution in [0.5, 0.6) is 5.75 Å². The second-order valence-corrected chi connectivity index (χ2v) is 5.41. The largest absolute Gasteiger partial charge is 0.486 e. The summed E-state index contributed by atoms with van der Waals surface area (Å²) in [5.41, 5.74) is 6.84. The van der Waals surface area contributed by atoms with Crippen LogP contribution in [0.1, 0.15) is 5.56 Å². The monoisotopic (exact) mass is 335 g/mol. The third kappa shape index (κ3) is 3.40. The third-order valence-electron chi connectivity index (χ3n) is 2.42. The molecule has 0 aliphatic carbocycles. The van der Waals surface area contributed by atoms with Crippen molar-refractivity contribution in [2.45, 2.75) is 6.61 Å². The summed E-state index contributed by atoms with van der Waals surface area (Å²) in [5.74, 6) is 0.369. The van der Waals surface area contributed by atoms with Crippen molar-refractivity contribution in [2.24, 2.45) is 0 Å². The SMILES string of the molecule is Nc1cc(Cl)c(OCc2cccc(Cl)c2Cl)c(Cl)c1. The number of halogens is 4. The van der Waals surface area contributed by atoms with E-state index in [2.05, 4.69) is 0 Å². The Morgan fingerprint density at radius 2 is 1.58 bits per heavy atom. The van der Waals surface area contributed by atoms with Crippen LogP contribution in [0, 0.1) is 0 Å². The minimum absolute atomic E-state index is 0.211. The van der Waals surface area contributed by atoms with E-state index in [1.54, 1.807) is 24.3 Å². The molecule has 0 aromatic heterocycles. The predicted octanol–water partition coefficient (Wildman–Crippen LogP) is 5.46. The van der Waals surface area contributed by atoms with Crippen LogP contribution in [-0.4, -0.2) is 0 Å². The van der Waals surface area contributed by atoms with Gasteiger partial charge in [0.15, 0.2) is 5.75 Å². The lowest BCUT2D eigenvalue weighted by Crippen LogP contribution is -1.98. The zero-order chi connectivity index (χ0) is 14.0. The maximum absolute atomic E-state index is 6.07. The number of anilines is 1. The van der Waals surface area contributed by atoms with Gasteiger partial charge in [0, 0.05) is 11.3 Å². The van der Waals surface area contributed by atoms with Gasteiger partial charge in [-0.05, 0) is 18.2 Å². The van der Waals surface area contributed by atoms with Gasteiger partial charge >= 0.3 is 0 Å². The molecule has 0 bridgehead atoms. The number of nitrogens with two attached hydrogens (primary N) is 1. The van der Waals surface area contributed by atoms with Gasteiger partial charge in [-0.25, -0.2) is 0 Å². The van der Waals surface area contributed by atoms with Gasteiger partial charge in [-0.15, -0.1) is 0 Å². The van der Waals surface area contributed by atoms with E-state index in [1.165, 1.54) is 0 Å². The number of hydrogen-bond acceptors (Lipinski definition) is 2. The van der Waals surface area contributed by atoms with Crippen molar-refractivity contribution >= 4 is 52.1 Å². The van der Waals surface area contributed by atoms with Crippen LogP contribution in [0.4, 0.5) is 5.69 Å². The summed E-state index contributed by atoms with van der Waals surface area (Å²) in [6, 6.07) is 8.45. The van der Waals surface area contributed by atoms with E-state index in [-0.39, 0.29) is 6.61 Å². The second-order valence-electron chi connectivity index (χ2n) is 3.82. The second kappa shape index (κ2) is 6.10. The van der Waals surface area contributed by atoms with Crippen LogP contribution in [0.2, 0.25) is 20.1 Å². The van der Waals surface area contributed by atoms with Gasteiger partial charge in [0.2, 0.25) is 0 Å². The molecule has 0 heterocycles. The fourth-order valence-corrected chi connectivity index (χ4v) is 2.51. The molecule has 100 valence electrons. The first-order chi connectivity index (χ1) is 8.99. The van der Waals surface area contributed by atoms with E-state index < -0.39 is 0 Å². The van der Waals surface area contributed by atoms with Crippen LogP contribution in [0.25, 0.3) is 0 Å². The first-order valence-corrected chi connectivity index (χ1v) is 6.80. The standard InChI is InChI=1S/C13H9Cl4NO/c14-9-3-1-2-7(12(9)17)6-19-13-10(15)4-8(18)5-11(13)16/h1-5H,6,18H2. The summed E-state index contributed by atoms with van der Waals surface area (Å²) in [7, 11) is 0. The van der Waals surface area contributed by atoms with E-state index >= 15 is 0 Å². The van der Waals surface area contributed by atoms with Crippen LogP contribution >= 0.6 is 46.4 Å². The Bertz CT molecular complexity index is 593. The Morgan fingerprint density at radius 1 is 0.947 bits per heavy atom. The molecule has 0 aliphatic rings. The highest BCUT2D eigenvalue weighted by Gasteiger charge is 2.11. The molecule has 0 saturated carbocycles. The van der Waals surface area contributed by atoms with Crippen molar-refractivity contribution < 1.29 is 4.74 Å². The molecule has 0 unspecified atom stereocenters. The molecule has 0 fully saturated rings. The van der Waals surface area contributed by atoms with Crippen molar-refractivity contribution in [2.75, 3.05) is 5.73 Å². The maximum Gasteiger partial charge on any atom is 0.157 e.